The normalized spacial score (nSPS) is 15.6. The van der Waals surface area contributed by atoms with Crippen LogP contribution in [0.2, 0.25) is 0 Å². The fourth-order valence-electron chi connectivity index (χ4n) is 6.96. The van der Waals surface area contributed by atoms with Gasteiger partial charge in [-0.05, 0) is 113 Å². The van der Waals surface area contributed by atoms with Crippen molar-refractivity contribution >= 4 is 42.6 Å². The van der Waals surface area contributed by atoms with Gasteiger partial charge in [0.25, 0.3) is 5.91 Å². The zero-order valence-corrected chi connectivity index (χ0v) is 35.1. The van der Waals surface area contributed by atoms with Crippen molar-refractivity contribution in [2.75, 3.05) is 26.2 Å². The number of hydrogen-bond acceptors (Lipinski definition) is 11. The van der Waals surface area contributed by atoms with Gasteiger partial charge in [-0.25, -0.2) is 0 Å². The summed E-state index contributed by atoms with van der Waals surface area (Å²) in [6.45, 7) is 4.91. The highest BCUT2D eigenvalue weighted by molar-refractivity contribution is 6.43. The van der Waals surface area contributed by atoms with Gasteiger partial charge in [0.15, 0.2) is 0 Å². The molecule has 1 saturated heterocycles. The van der Waals surface area contributed by atoms with Crippen LogP contribution in [0, 0.1) is 0 Å². The van der Waals surface area contributed by atoms with Crippen molar-refractivity contribution in [3.05, 3.63) is 59.7 Å². The lowest BCUT2D eigenvalue weighted by molar-refractivity contribution is -0.142. The fraction of sp³-hybridized carbons (Fsp3) is 0.571. The molecule has 13 N–H and O–H groups in total. The Bertz CT molecular complexity index is 1680. The molecular formula is C42H66BN9O8. The number of rotatable bonds is 26. The van der Waals surface area contributed by atoms with Gasteiger partial charge in [-0.1, -0.05) is 56.7 Å². The van der Waals surface area contributed by atoms with Crippen molar-refractivity contribution in [3.8, 4) is 11.1 Å². The van der Waals surface area contributed by atoms with E-state index in [-0.39, 0.29) is 44.7 Å². The molecule has 0 bridgehead atoms. The summed E-state index contributed by atoms with van der Waals surface area (Å²) >= 11 is 0. The first kappa shape index (κ1) is 49.5. The maximum Gasteiger partial charge on any atom is 0.490 e. The second kappa shape index (κ2) is 26.4. The Morgan fingerprint density at radius 1 is 0.767 bits per heavy atom. The van der Waals surface area contributed by atoms with E-state index in [2.05, 4.69) is 57.8 Å². The van der Waals surface area contributed by atoms with Crippen LogP contribution in [0.5, 0.6) is 0 Å². The number of unbranched alkanes of at least 4 members (excludes halogenated alkanes) is 3. The number of nitrogens with two attached hydrogens (primary N) is 3. The maximum absolute atomic E-state index is 14.0. The molecule has 1 heterocycles. The highest BCUT2D eigenvalue weighted by atomic mass is 16.4. The molecule has 1 aliphatic heterocycles. The third-order valence-corrected chi connectivity index (χ3v) is 10.6. The average molecular weight is 836 g/mol. The van der Waals surface area contributed by atoms with Gasteiger partial charge in [0, 0.05) is 25.1 Å². The number of carbonyl (C=O) groups excluding carboxylic acids is 6. The molecule has 1 aliphatic rings. The number of benzene rings is 2. The van der Waals surface area contributed by atoms with Crippen LogP contribution in [0.1, 0.15) is 107 Å². The lowest BCUT2D eigenvalue weighted by Crippen LogP contribution is -2.60. The molecule has 6 amide bonds. The zero-order valence-electron chi connectivity index (χ0n) is 35.1. The highest BCUT2D eigenvalue weighted by Gasteiger charge is 2.39. The molecule has 3 rings (SSSR count). The second-order valence-electron chi connectivity index (χ2n) is 15.2. The fourth-order valence-corrected chi connectivity index (χ4v) is 6.96. The van der Waals surface area contributed by atoms with Crippen molar-refractivity contribution in [1.29, 1.82) is 0 Å². The SMILES string of the molecule is CCCCc1ccc(-c2ccc(C(=O)NCCC(=O)N[C@@H](CCCCN)C(=O)N3CCC[C@H]3C(=O)N[C@@H](CC)C(=O)N[C@@H](CCCCN)C(=O)N[C@@H](N)B(O)O)cc2)cc1. The Morgan fingerprint density at radius 2 is 1.37 bits per heavy atom. The van der Waals surface area contributed by atoms with Gasteiger partial charge >= 0.3 is 7.12 Å². The Hall–Kier alpha value is -4.88. The molecule has 330 valence electrons. The van der Waals surface area contributed by atoms with Crippen molar-refractivity contribution in [2.45, 2.75) is 128 Å². The van der Waals surface area contributed by atoms with Crippen LogP contribution in [0.15, 0.2) is 48.5 Å². The molecule has 0 saturated carbocycles. The second-order valence-corrected chi connectivity index (χ2v) is 15.2. The number of carbonyl (C=O) groups is 6. The molecule has 5 atom stereocenters. The van der Waals surface area contributed by atoms with E-state index in [1.165, 1.54) is 10.5 Å². The number of nitrogens with zero attached hydrogens (tertiary/aromatic N) is 1. The van der Waals surface area contributed by atoms with Crippen LogP contribution in [-0.4, -0.2) is 114 Å². The molecule has 0 aromatic heterocycles. The number of aryl methyl sites for hydroxylation is 1. The third kappa shape index (κ3) is 16.0. The first-order chi connectivity index (χ1) is 28.8. The van der Waals surface area contributed by atoms with Crippen LogP contribution in [-0.2, 0) is 30.4 Å². The first-order valence-corrected chi connectivity index (χ1v) is 21.3. The molecule has 2 aromatic carbocycles. The Morgan fingerprint density at radius 3 is 1.95 bits per heavy atom. The Labute approximate surface area is 353 Å². The van der Waals surface area contributed by atoms with Crippen LogP contribution < -0.4 is 43.8 Å². The summed E-state index contributed by atoms with van der Waals surface area (Å²) in [5, 5.41) is 31.8. The quantitative estimate of drug-likeness (QED) is 0.0351. The van der Waals surface area contributed by atoms with E-state index >= 15 is 0 Å². The van der Waals surface area contributed by atoms with Crippen molar-refractivity contribution < 1.29 is 38.8 Å². The minimum atomic E-state index is -2.02. The Kier molecular flexibility index (Phi) is 21.7. The van der Waals surface area contributed by atoms with Crippen LogP contribution >= 0.6 is 0 Å². The lowest BCUT2D eigenvalue weighted by atomic mass is 9.86. The minimum Gasteiger partial charge on any atom is -0.425 e. The summed E-state index contributed by atoms with van der Waals surface area (Å²) in [5.41, 5.74) is 20.6. The smallest absolute Gasteiger partial charge is 0.425 e. The van der Waals surface area contributed by atoms with Gasteiger partial charge in [0.05, 0.1) is 0 Å². The van der Waals surface area contributed by atoms with E-state index in [1.807, 2.05) is 12.1 Å². The molecule has 2 aromatic rings. The first-order valence-electron chi connectivity index (χ1n) is 21.3. The van der Waals surface area contributed by atoms with Crippen molar-refractivity contribution in [2.24, 2.45) is 17.2 Å². The van der Waals surface area contributed by atoms with E-state index in [1.54, 1.807) is 19.1 Å². The maximum atomic E-state index is 14.0. The largest absolute Gasteiger partial charge is 0.490 e. The van der Waals surface area contributed by atoms with E-state index in [0.29, 0.717) is 57.2 Å². The highest BCUT2D eigenvalue weighted by Crippen LogP contribution is 2.22. The molecule has 18 heteroatoms. The van der Waals surface area contributed by atoms with Gasteiger partial charge in [-0.15, -0.1) is 0 Å². The molecule has 1 fully saturated rings. The number of nitrogens with one attached hydrogen (secondary N) is 5. The zero-order chi connectivity index (χ0) is 44.0. The Balaban J connectivity index is 1.58. The summed E-state index contributed by atoms with van der Waals surface area (Å²) in [7, 11) is -2.02. The molecule has 0 unspecified atom stereocenters. The molecule has 60 heavy (non-hydrogen) atoms. The van der Waals surface area contributed by atoms with Gasteiger partial charge < -0.3 is 58.7 Å². The van der Waals surface area contributed by atoms with Crippen LogP contribution in [0.25, 0.3) is 11.1 Å². The number of amides is 6. The molecule has 17 nitrogen and oxygen atoms in total. The van der Waals surface area contributed by atoms with Crippen molar-refractivity contribution in [1.82, 2.24) is 31.5 Å². The number of hydrogen-bond donors (Lipinski definition) is 10. The molecular weight excluding hydrogens is 769 g/mol. The van der Waals surface area contributed by atoms with E-state index < -0.39 is 66.9 Å². The minimum absolute atomic E-state index is 0.0380. The topological polar surface area (TPSA) is 284 Å². The van der Waals surface area contributed by atoms with Gasteiger partial charge in [-0.3, -0.25) is 28.8 Å². The summed E-state index contributed by atoms with van der Waals surface area (Å²) < 4.78 is 0. The monoisotopic (exact) mass is 836 g/mol. The van der Waals surface area contributed by atoms with Crippen LogP contribution in [0.4, 0.5) is 0 Å². The number of likely N-dealkylation sites (tertiary alicyclic amines) is 1. The van der Waals surface area contributed by atoms with Crippen molar-refractivity contribution in [3.63, 3.8) is 0 Å². The molecule has 0 aliphatic carbocycles. The van der Waals surface area contributed by atoms with E-state index in [4.69, 9.17) is 17.2 Å². The van der Waals surface area contributed by atoms with E-state index in [9.17, 15) is 38.8 Å². The van der Waals surface area contributed by atoms with E-state index in [0.717, 1.165) is 30.4 Å². The predicted molar refractivity (Wildman–Crippen MR) is 230 cm³/mol. The summed E-state index contributed by atoms with van der Waals surface area (Å²) in [6, 6.07) is 10.2. The van der Waals surface area contributed by atoms with Gasteiger partial charge in [-0.2, -0.15) is 0 Å². The van der Waals surface area contributed by atoms with Gasteiger partial charge in [0.1, 0.15) is 30.2 Å². The predicted octanol–water partition coefficient (Wildman–Crippen LogP) is 0.343. The van der Waals surface area contributed by atoms with Gasteiger partial charge in [0.2, 0.25) is 29.5 Å². The molecule has 0 radical (unpaired) electrons. The summed E-state index contributed by atoms with van der Waals surface area (Å²) in [6.07, 6.45) is 6.97. The van der Waals surface area contributed by atoms with Crippen LogP contribution in [0.3, 0.4) is 0 Å². The standard InChI is InChI=1S/C42H66BN9O8/c1-3-5-11-28-15-17-29(18-16-28)30-19-21-31(22-20-30)37(54)47-26-23-36(53)48-34(13-7-9-25-45)41(58)52-27-10-14-35(52)40(57)49-32(4-2)38(55)50-33(12-6-8-24-44)39(56)51-42(46)43(59)60/h15-22,32-35,42,59-60H,3-14,23-27,44-46H2,1-2H3,(H,47,54)(H,48,53)(H,49,57)(H,50,55)(H,51,56)/t32-,33-,34-,35-,42+/m0/s1. The lowest BCUT2D eigenvalue weighted by Gasteiger charge is -2.30. The third-order valence-electron chi connectivity index (χ3n) is 10.6. The summed E-state index contributed by atoms with van der Waals surface area (Å²) in [5.74, 6) is -3.14. The molecule has 0 spiro atoms. The summed E-state index contributed by atoms with van der Waals surface area (Å²) in [4.78, 5) is 81.3. The average Bonchev–Trinajstić information content (AvgIpc) is 3.74.